The van der Waals surface area contributed by atoms with Crippen LogP contribution in [0.25, 0.3) is 0 Å². The zero-order chi connectivity index (χ0) is 14.9. The second-order valence-electron chi connectivity index (χ2n) is 4.84. The average Bonchev–Trinajstić information content (AvgIpc) is 2.35. The highest BCUT2D eigenvalue weighted by Crippen LogP contribution is 2.21. The lowest BCUT2D eigenvalue weighted by Gasteiger charge is -2.20. The SMILES string of the molecule is CCC(C)(C)C(=O)OCCCOC(=O)CCC(=O)O. The first-order chi connectivity index (χ1) is 8.79. The van der Waals surface area contributed by atoms with Crippen LogP contribution >= 0.6 is 0 Å². The zero-order valence-corrected chi connectivity index (χ0v) is 11.7. The molecule has 0 unspecified atom stereocenters. The number of carbonyl (C=O) groups is 3. The van der Waals surface area contributed by atoms with Crippen molar-refractivity contribution in [1.82, 2.24) is 0 Å². The Hall–Kier alpha value is -1.59. The number of esters is 2. The summed E-state index contributed by atoms with van der Waals surface area (Å²) in [7, 11) is 0. The molecule has 0 atom stereocenters. The van der Waals surface area contributed by atoms with Gasteiger partial charge in [-0.3, -0.25) is 14.4 Å². The van der Waals surface area contributed by atoms with Crippen molar-refractivity contribution < 1.29 is 29.0 Å². The van der Waals surface area contributed by atoms with Crippen LogP contribution in [-0.4, -0.2) is 36.2 Å². The van der Waals surface area contributed by atoms with Gasteiger partial charge in [-0.05, 0) is 20.3 Å². The normalized spacial score (nSPS) is 10.9. The van der Waals surface area contributed by atoms with Gasteiger partial charge in [0.05, 0.1) is 31.5 Å². The van der Waals surface area contributed by atoms with Crippen molar-refractivity contribution in [1.29, 1.82) is 0 Å². The number of ether oxygens (including phenoxy) is 2. The Bertz CT molecular complexity index is 321. The predicted molar refractivity (Wildman–Crippen MR) is 67.5 cm³/mol. The summed E-state index contributed by atoms with van der Waals surface area (Å²) >= 11 is 0. The fourth-order valence-corrected chi connectivity index (χ4v) is 1.03. The Kier molecular flexibility index (Phi) is 7.79. The van der Waals surface area contributed by atoms with Crippen molar-refractivity contribution in [2.24, 2.45) is 5.41 Å². The maximum atomic E-state index is 11.6. The summed E-state index contributed by atoms with van der Waals surface area (Å²) in [4.78, 5) is 32.8. The van der Waals surface area contributed by atoms with Gasteiger partial charge in [0.1, 0.15) is 0 Å². The van der Waals surface area contributed by atoms with Crippen LogP contribution in [0.4, 0.5) is 0 Å². The molecule has 0 saturated heterocycles. The number of hydrogen-bond donors (Lipinski definition) is 1. The number of rotatable bonds is 9. The maximum Gasteiger partial charge on any atom is 0.311 e. The maximum absolute atomic E-state index is 11.6. The minimum atomic E-state index is -1.03. The van der Waals surface area contributed by atoms with Crippen LogP contribution in [0.1, 0.15) is 46.5 Å². The summed E-state index contributed by atoms with van der Waals surface area (Å²) in [5.41, 5.74) is -0.502. The number of carboxylic acids is 1. The van der Waals surface area contributed by atoms with E-state index in [2.05, 4.69) is 0 Å². The monoisotopic (exact) mass is 274 g/mol. The largest absolute Gasteiger partial charge is 0.481 e. The Morgan fingerprint density at radius 2 is 1.63 bits per heavy atom. The molecule has 0 radical (unpaired) electrons. The quantitative estimate of drug-likeness (QED) is 0.509. The predicted octanol–water partition coefficient (Wildman–Crippen LogP) is 1.76. The molecule has 110 valence electrons. The highest BCUT2D eigenvalue weighted by Gasteiger charge is 2.26. The molecule has 0 amide bonds. The van der Waals surface area contributed by atoms with E-state index < -0.39 is 17.4 Å². The lowest BCUT2D eigenvalue weighted by Crippen LogP contribution is -2.26. The van der Waals surface area contributed by atoms with E-state index in [-0.39, 0.29) is 32.0 Å². The molecule has 6 nitrogen and oxygen atoms in total. The molecule has 1 N–H and O–H groups in total. The molecule has 0 saturated carbocycles. The number of aliphatic carboxylic acids is 1. The van der Waals surface area contributed by atoms with Gasteiger partial charge < -0.3 is 14.6 Å². The van der Waals surface area contributed by atoms with Gasteiger partial charge in [0.25, 0.3) is 0 Å². The first-order valence-corrected chi connectivity index (χ1v) is 6.34. The lowest BCUT2D eigenvalue weighted by molar-refractivity contribution is -0.155. The van der Waals surface area contributed by atoms with Gasteiger partial charge in [-0.2, -0.15) is 0 Å². The summed E-state index contributed by atoms with van der Waals surface area (Å²) in [6.45, 7) is 5.83. The summed E-state index contributed by atoms with van der Waals surface area (Å²) in [6, 6.07) is 0. The Morgan fingerprint density at radius 3 is 2.16 bits per heavy atom. The Morgan fingerprint density at radius 1 is 1.05 bits per heavy atom. The van der Waals surface area contributed by atoms with E-state index in [4.69, 9.17) is 14.6 Å². The van der Waals surface area contributed by atoms with Crippen LogP contribution in [0.2, 0.25) is 0 Å². The third kappa shape index (κ3) is 8.18. The third-order valence-electron chi connectivity index (χ3n) is 2.76. The fourth-order valence-electron chi connectivity index (χ4n) is 1.03. The topological polar surface area (TPSA) is 89.9 Å². The molecule has 0 aromatic heterocycles. The van der Waals surface area contributed by atoms with Gasteiger partial charge in [0.15, 0.2) is 0 Å². The summed E-state index contributed by atoms with van der Waals surface area (Å²) in [6.07, 6.45) is 0.719. The van der Waals surface area contributed by atoms with Gasteiger partial charge >= 0.3 is 17.9 Å². The number of carboxylic acid groups (broad SMARTS) is 1. The van der Waals surface area contributed by atoms with Gasteiger partial charge in [-0.25, -0.2) is 0 Å². The molecule has 0 aliphatic rings. The molecule has 0 heterocycles. The van der Waals surface area contributed by atoms with E-state index >= 15 is 0 Å². The van der Waals surface area contributed by atoms with E-state index in [0.717, 1.165) is 0 Å². The minimum Gasteiger partial charge on any atom is -0.481 e. The van der Waals surface area contributed by atoms with Gasteiger partial charge in [-0.15, -0.1) is 0 Å². The van der Waals surface area contributed by atoms with Crippen LogP contribution in [0, 0.1) is 5.41 Å². The van der Waals surface area contributed by atoms with Crippen molar-refractivity contribution in [3.8, 4) is 0 Å². The fraction of sp³-hybridized carbons (Fsp3) is 0.769. The number of hydrogen-bond acceptors (Lipinski definition) is 5. The van der Waals surface area contributed by atoms with Gasteiger partial charge in [-0.1, -0.05) is 6.92 Å². The van der Waals surface area contributed by atoms with Crippen LogP contribution in [0.5, 0.6) is 0 Å². The number of carbonyl (C=O) groups excluding carboxylic acids is 2. The van der Waals surface area contributed by atoms with E-state index in [0.29, 0.717) is 12.8 Å². The molecule has 0 fully saturated rings. The molecule has 6 heteroatoms. The van der Waals surface area contributed by atoms with Crippen molar-refractivity contribution in [3.63, 3.8) is 0 Å². The summed E-state index contributed by atoms with van der Waals surface area (Å²) in [5, 5.41) is 8.37. The standard InChI is InChI=1S/C13H22O6/c1-4-13(2,3)12(17)19-9-5-8-18-11(16)7-6-10(14)15/h4-9H2,1-3H3,(H,14,15). The van der Waals surface area contributed by atoms with E-state index in [1.165, 1.54) is 0 Å². The second-order valence-corrected chi connectivity index (χ2v) is 4.84. The van der Waals surface area contributed by atoms with Crippen LogP contribution in [0.3, 0.4) is 0 Å². The minimum absolute atomic E-state index is 0.123. The molecule has 0 aromatic rings. The summed E-state index contributed by atoms with van der Waals surface area (Å²) in [5.74, 6) is -1.86. The molecule has 0 aromatic carbocycles. The highest BCUT2D eigenvalue weighted by atomic mass is 16.5. The molecule has 0 bridgehead atoms. The van der Waals surface area contributed by atoms with E-state index in [1.807, 2.05) is 6.92 Å². The zero-order valence-electron chi connectivity index (χ0n) is 11.7. The molecule has 0 aliphatic carbocycles. The van der Waals surface area contributed by atoms with Crippen molar-refractivity contribution in [3.05, 3.63) is 0 Å². The van der Waals surface area contributed by atoms with Crippen LogP contribution in [-0.2, 0) is 23.9 Å². The average molecular weight is 274 g/mol. The molecular formula is C13H22O6. The van der Waals surface area contributed by atoms with Crippen LogP contribution < -0.4 is 0 Å². The molecular weight excluding hydrogens is 252 g/mol. The second kappa shape index (κ2) is 8.50. The molecule has 19 heavy (non-hydrogen) atoms. The molecule has 0 spiro atoms. The van der Waals surface area contributed by atoms with Gasteiger partial charge in [0, 0.05) is 6.42 Å². The summed E-state index contributed by atoms with van der Waals surface area (Å²) < 4.78 is 9.85. The Labute approximate surface area is 113 Å². The highest BCUT2D eigenvalue weighted by molar-refractivity contribution is 5.76. The third-order valence-corrected chi connectivity index (χ3v) is 2.76. The van der Waals surface area contributed by atoms with Crippen molar-refractivity contribution >= 4 is 17.9 Å². The van der Waals surface area contributed by atoms with Crippen molar-refractivity contribution in [2.45, 2.75) is 46.5 Å². The Balaban J connectivity index is 3.63. The van der Waals surface area contributed by atoms with E-state index in [9.17, 15) is 14.4 Å². The first-order valence-electron chi connectivity index (χ1n) is 6.34. The van der Waals surface area contributed by atoms with Crippen LogP contribution in [0.15, 0.2) is 0 Å². The van der Waals surface area contributed by atoms with E-state index in [1.54, 1.807) is 13.8 Å². The lowest BCUT2D eigenvalue weighted by atomic mass is 9.91. The van der Waals surface area contributed by atoms with Crippen molar-refractivity contribution in [2.75, 3.05) is 13.2 Å². The molecule has 0 aliphatic heterocycles. The molecule has 0 rings (SSSR count). The first kappa shape index (κ1) is 17.4. The smallest absolute Gasteiger partial charge is 0.311 e. The van der Waals surface area contributed by atoms with Gasteiger partial charge in [0.2, 0.25) is 0 Å².